The minimum Gasteiger partial charge on any atom is -0.479 e. The summed E-state index contributed by atoms with van der Waals surface area (Å²) in [6, 6.07) is 5.73. The molecule has 0 spiro atoms. The lowest BCUT2D eigenvalue weighted by Crippen LogP contribution is -2.28. The predicted molar refractivity (Wildman–Crippen MR) is 96.8 cm³/mol. The second-order valence-corrected chi connectivity index (χ2v) is 6.14. The third kappa shape index (κ3) is 8.52. The molecule has 1 aromatic rings. The number of benzene rings is 1. The van der Waals surface area contributed by atoms with Crippen LogP contribution in [0.2, 0.25) is 0 Å². The molecule has 140 valence electrons. The monoisotopic (exact) mass is 351 g/mol. The first-order valence-corrected chi connectivity index (χ1v) is 9.07. The number of nitrogens with zero attached hydrogens (tertiary/aromatic N) is 1. The van der Waals surface area contributed by atoms with Crippen LogP contribution in [0.5, 0.6) is 5.75 Å². The lowest BCUT2D eigenvalue weighted by Gasteiger charge is -2.16. The fraction of sp³-hybridized carbons (Fsp3) is 0.632. The quantitative estimate of drug-likeness (QED) is 0.215. The number of hydrogen-bond acceptors (Lipinski definition) is 5. The van der Waals surface area contributed by atoms with Crippen molar-refractivity contribution in [1.82, 2.24) is 0 Å². The van der Waals surface area contributed by atoms with Crippen molar-refractivity contribution in [2.24, 2.45) is 0 Å². The van der Waals surface area contributed by atoms with Crippen molar-refractivity contribution in [3.8, 4) is 5.75 Å². The van der Waals surface area contributed by atoms with Crippen LogP contribution in [0.15, 0.2) is 24.3 Å². The van der Waals surface area contributed by atoms with Crippen molar-refractivity contribution in [2.45, 2.75) is 70.8 Å². The van der Waals surface area contributed by atoms with Gasteiger partial charge in [-0.15, -0.1) is 0 Å². The first-order chi connectivity index (χ1) is 12.1. The van der Waals surface area contributed by atoms with Gasteiger partial charge in [0.05, 0.1) is 12.0 Å². The van der Waals surface area contributed by atoms with Gasteiger partial charge in [-0.1, -0.05) is 51.9 Å². The van der Waals surface area contributed by atoms with Crippen LogP contribution in [-0.4, -0.2) is 24.1 Å². The van der Waals surface area contributed by atoms with Gasteiger partial charge in [0.1, 0.15) is 5.75 Å². The Hall–Kier alpha value is -2.11. The molecule has 1 atom stereocenters. The van der Waals surface area contributed by atoms with Gasteiger partial charge in [0, 0.05) is 12.1 Å². The highest BCUT2D eigenvalue weighted by atomic mass is 16.6. The lowest BCUT2D eigenvalue weighted by atomic mass is 10.1. The normalized spacial score (nSPS) is 11.8. The van der Waals surface area contributed by atoms with Gasteiger partial charge in [-0.05, 0) is 25.0 Å². The summed E-state index contributed by atoms with van der Waals surface area (Å²) in [5.41, 5.74) is -0.00922. The molecule has 6 heteroatoms. The third-order valence-electron chi connectivity index (χ3n) is 4.11. The Morgan fingerprint density at radius 2 is 1.60 bits per heavy atom. The number of unbranched alkanes of at least 4 members (excludes halogenated alkanes) is 7. The van der Waals surface area contributed by atoms with Crippen molar-refractivity contribution in [1.29, 1.82) is 0 Å². The summed E-state index contributed by atoms with van der Waals surface area (Å²) in [5.74, 6) is 0.0156. The summed E-state index contributed by atoms with van der Waals surface area (Å²) in [4.78, 5) is 22.1. The van der Waals surface area contributed by atoms with Gasteiger partial charge in [0.15, 0.2) is 6.10 Å². The van der Waals surface area contributed by atoms with E-state index >= 15 is 0 Å². The van der Waals surface area contributed by atoms with Crippen LogP contribution < -0.4 is 4.74 Å². The molecule has 0 saturated carbocycles. The number of carbonyl (C=O) groups excluding carboxylic acids is 1. The van der Waals surface area contributed by atoms with Gasteiger partial charge in [0.2, 0.25) is 0 Å². The number of carbonyl (C=O) groups is 1. The molecule has 6 nitrogen and oxygen atoms in total. The van der Waals surface area contributed by atoms with Crippen molar-refractivity contribution in [2.75, 3.05) is 7.11 Å². The Labute approximate surface area is 149 Å². The van der Waals surface area contributed by atoms with E-state index in [0.717, 1.165) is 19.3 Å². The van der Waals surface area contributed by atoms with Crippen LogP contribution in [0.3, 0.4) is 0 Å². The van der Waals surface area contributed by atoms with E-state index in [1.165, 1.54) is 63.5 Å². The maximum absolute atomic E-state index is 11.9. The second-order valence-electron chi connectivity index (χ2n) is 6.14. The van der Waals surface area contributed by atoms with Crippen LogP contribution in [-0.2, 0) is 9.53 Å². The maximum Gasteiger partial charge on any atom is 0.347 e. The summed E-state index contributed by atoms with van der Waals surface area (Å²) < 4.78 is 10.5. The van der Waals surface area contributed by atoms with Gasteiger partial charge < -0.3 is 9.47 Å². The molecule has 25 heavy (non-hydrogen) atoms. The minimum atomic E-state index is -0.674. The minimum absolute atomic E-state index is 0.00922. The van der Waals surface area contributed by atoms with Gasteiger partial charge in [-0.2, -0.15) is 0 Å². The number of ether oxygens (including phenoxy) is 2. The van der Waals surface area contributed by atoms with Gasteiger partial charge in [-0.3, -0.25) is 10.1 Å². The lowest BCUT2D eigenvalue weighted by molar-refractivity contribution is -0.384. The van der Waals surface area contributed by atoms with E-state index < -0.39 is 17.0 Å². The first-order valence-electron chi connectivity index (χ1n) is 9.07. The topological polar surface area (TPSA) is 78.7 Å². The molecule has 0 aliphatic carbocycles. The van der Waals surface area contributed by atoms with Crippen molar-refractivity contribution in [3.05, 3.63) is 34.4 Å². The van der Waals surface area contributed by atoms with Crippen LogP contribution in [0.1, 0.15) is 64.7 Å². The summed E-state index contributed by atoms with van der Waals surface area (Å²) in [6.45, 7) is 2.21. The molecule has 0 aliphatic rings. The van der Waals surface area contributed by atoms with E-state index in [2.05, 4.69) is 6.92 Å². The number of hydrogen-bond donors (Lipinski definition) is 0. The molecule has 0 fully saturated rings. The van der Waals surface area contributed by atoms with E-state index in [1.807, 2.05) is 0 Å². The molecule has 0 aliphatic heterocycles. The molecule has 0 aromatic heterocycles. The van der Waals surface area contributed by atoms with E-state index in [-0.39, 0.29) is 5.69 Å². The number of non-ortho nitro benzene ring substituents is 1. The molecule has 1 rings (SSSR count). The third-order valence-corrected chi connectivity index (χ3v) is 4.11. The molecular weight excluding hydrogens is 322 g/mol. The number of esters is 1. The van der Waals surface area contributed by atoms with Gasteiger partial charge in [0.25, 0.3) is 5.69 Å². The fourth-order valence-electron chi connectivity index (χ4n) is 2.63. The molecule has 0 radical (unpaired) electrons. The molecule has 1 unspecified atom stereocenters. The highest BCUT2D eigenvalue weighted by Gasteiger charge is 2.21. The Morgan fingerprint density at radius 1 is 1.04 bits per heavy atom. The van der Waals surface area contributed by atoms with Crippen molar-refractivity contribution >= 4 is 11.7 Å². The zero-order valence-electron chi connectivity index (χ0n) is 15.2. The highest BCUT2D eigenvalue weighted by Crippen LogP contribution is 2.20. The Morgan fingerprint density at radius 3 is 2.12 bits per heavy atom. The molecule has 0 heterocycles. The van der Waals surface area contributed by atoms with E-state index in [0.29, 0.717) is 12.2 Å². The number of methoxy groups -OCH3 is 1. The Balaban J connectivity index is 2.39. The Kier molecular flexibility index (Phi) is 10.3. The zero-order valence-corrected chi connectivity index (χ0v) is 15.2. The van der Waals surface area contributed by atoms with E-state index in [4.69, 9.17) is 9.47 Å². The summed E-state index contributed by atoms with van der Waals surface area (Å²) in [6.07, 6.45) is 9.36. The van der Waals surface area contributed by atoms with Crippen molar-refractivity contribution < 1.29 is 19.2 Å². The van der Waals surface area contributed by atoms with E-state index in [9.17, 15) is 14.9 Å². The highest BCUT2D eigenvalue weighted by molar-refractivity contribution is 5.74. The fourth-order valence-corrected chi connectivity index (χ4v) is 2.63. The Bertz CT molecular complexity index is 515. The number of nitro groups is 1. The van der Waals surface area contributed by atoms with Gasteiger partial charge >= 0.3 is 5.97 Å². The number of nitro benzene ring substituents is 1. The molecule has 0 amide bonds. The molecule has 0 bridgehead atoms. The summed E-state index contributed by atoms with van der Waals surface area (Å²) in [5, 5.41) is 10.7. The standard InChI is InChI=1S/C19H29NO5/c1-3-4-5-6-7-8-9-10-11-18(19(21)24-2)25-17-14-12-16(13-15-17)20(22)23/h12-15,18H,3-11H2,1-2H3. The maximum atomic E-state index is 11.9. The largest absolute Gasteiger partial charge is 0.479 e. The van der Waals surface area contributed by atoms with Crippen LogP contribution in [0, 0.1) is 10.1 Å². The molecular formula is C19H29NO5. The van der Waals surface area contributed by atoms with E-state index in [1.54, 1.807) is 0 Å². The van der Waals surface area contributed by atoms with Crippen LogP contribution in [0.4, 0.5) is 5.69 Å². The SMILES string of the molecule is CCCCCCCCCCC(Oc1ccc([N+](=O)[O-])cc1)C(=O)OC. The second kappa shape index (κ2) is 12.3. The predicted octanol–water partition coefficient (Wildman–Crippen LogP) is 5.05. The first kappa shape index (κ1) is 20.9. The summed E-state index contributed by atoms with van der Waals surface area (Å²) in [7, 11) is 1.34. The zero-order chi connectivity index (χ0) is 18.5. The molecule has 1 aromatic carbocycles. The van der Waals surface area contributed by atoms with Crippen molar-refractivity contribution in [3.63, 3.8) is 0 Å². The average molecular weight is 351 g/mol. The van der Waals surface area contributed by atoms with Crippen LogP contribution in [0.25, 0.3) is 0 Å². The summed E-state index contributed by atoms with van der Waals surface area (Å²) >= 11 is 0. The smallest absolute Gasteiger partial charge is 0.347 e. The van der Waals surface area contributed by atoms with Crippen LogP contribution >= 0.6 is 0 Å². The average Bonchev–Trinajstić information content (AvgIpc) is 2.62. The molecule has 0 saturated heterocycles. The number of rotatable bonds is 13. The molecule has 0 N–H and O–H groups in total. The van der Waals surface area contributed by atoms with Gasteiger partial charge in [-0.25, -0.2) is 4.79 Å².